The summed E-state index contributed by atoms with van der Waals surface area (Å²) < 4.78 is 27.9. The number of alkyl halides is 2. The second kappa shape index (κ2) is 4.50. The molecule has 1 N–H and O–H groups in total. The zero-order chi connectivity index (χ0) is 9.84. The molecule has 1 aliphatic carbocycles. The Hall–Kier alpha value is -0.710. The molecule has 0 saturated heterocycles. The largest absolute Gasteiger partial charge is 0.481 e. The van der Waals surface area contributed by atoms with Gasteiger partial charge in [0, 0.05) is 0 Å². The van der Waals surface area contributed by atoms with E-state index in [0.717, 1.165) is 19.3 Å². The summed E-state index contributed by atoms with van der Waals surface area (Å²) in [5, 5.41) is 8.44. The van der Waals surface area contributed by atoms with Crippen LogP contribution in [0.1, 0.15) is 25.7 Å². The number of carboxylic acids is 1. The molecule has 1 rings (SSSR count). The Morgan fingerprint density at radius 2 is 2.15 bits per heavy atom. The lowest BCUT2D eigenvalue weighted by molar-refractivity contribution is -0.189. The van der Waals surface area contributed by atoms with Crippen molar-refractivity contribution in [3.63, 3.8) is 0 Å². The van der Waals surface area contributed by atoms with Crippen molar-refractivity contribution in [2.45, 2.75) is 38.4 Å². The number of hydrogen-bond donors (Lipinski definition) is 1. The molecule has 1 aliphatic rings. The molecule has 3 nitrogen and oxygen atoms in total. The highest BCUT2D eigenvalue weighted by Crippen LogP contribution is 2.33. The number of rotatable bonds is 5. The topological polar surface area (TPSA) is 46.5 Å². The van der Waals surface area contributed by atoms with Gasteiger partial charge in [-0.25, -0.2) is 0 Å². The van der Waals surface area contributed by atoms with Crippen LogP contribution >= 0.6 is 0 Å². The molecule has 1 unspecified atom stereocenters. The number of aliphatic carboxylic acids is 1. The van der Waals surface area contributed by atoms with E-state index in [2.05, 4.69) is 4.74 Å². The van der Waals surface area contributed by atoms with E-state index in [1.165, 1.54) is 0 Å². The van der Waals surface area contributed by atoms with Crippen LogP contribution in [-0.2, 0) is 9.53 Å². The van der Waals surface area contributed by atoms with Gasteiger partial charge in [0.25, 0.3) is 0 Å². The Labute approximate surface area is 74.7 Å². The molecule has 0 radical (unpaired) electrons. The lowest BCUT2D eigenvalue weighted by Gasteiger charge is -2.32. The van der Waals surface area contributed by atoms with E-state index in [0.29, 0.717) is 0 Å². The first-order valence-electron chi connectivity index (χ1n) is 4.25. The summed E-state index contributed by atoms with van der Waals surface area (Å²) in [5.41, 5.74) is 0. The van der Waals surface area contributed by atoms with Gasteiger partial charge in [-0.1, -0.05) is 6.42 Å². The molecule has 1 saturated carbocycles. The predicted octanol–water partition coefficient (Wildman–Crippen LogP) is 1.87. The van der Waals surface area contributed by atoms with Crippen molar-refractivity contribution < 1.29 is 23.4 Å². The minimum Gasteiger partial charge on any atom is -0.481 e. The van der Waals surface area contributed by atoms with Crippen molar-refractivity contribution in [3.8, 4) is 0 Å². The van der Waals surface area contributed by atoms with Crippen LogP contribution in [0, 0.1) is 5.92 Å². The van der Waals surface area contributed by atoms with Gasteiger partial charge in [0.1, 0.15) is 0 Å². The van der Waals surface area contributed by atoms with Crippen LogP contribution in [0.4, 0.5) is 8.78 Å². The van der Waals surface area contributed by atoms with Gasteiger partial charge in [-0.2, -0.15) is 8.78 Å². The molecule has 0 amide bonds. The molecule has 0 aromatic carbocycles. The molecule has 0 bridgehead atoms. The zero-order valence-electron chi connectivity index (χ0n) is 7.08. The first kappa shape index (κ1) is 10.4. The van der Waals surface area contributed by atoms with Crippen LogP contribution in [0.5, 0.6) is 0 Å². The summed E-state index contributed by atoms with van der Waals surface area (Å²) in [6, 6.07) is 0. The van der Waals surface area contributed by atoms with Crippen molar-refractivity contribution in [2.75, 3.05) is 0 Å². The maximum atomic E-state index is 11.8. The van der Waals surface area contributed by atoms with E-state index in [1.807, 2.05) is 0 Å². The number of carboxylic acid groups (broad SMARTS) is 1. The standard InChI is InChI=1S/C8H12F2O3/c9-8(10)13-6(4-7(11)12)5-2-1-3-5/h5-6,8H,1-4H2,(H,11,12). The van der Waals surface area contributed by atoms with Gasteiger partial charge >= 0.3 is 12.6 Å². The third kappa shape index (κ3) is 3.26. The van der Waals surface area contributed by atoms with E-state index in [9.17, 15) is 13.6 Å². The number of hydrogen-bond acceptors (Lipinski definition) is 2. The lowest BCUT2D eigenvalue weighted by atomic mass is 9.80. The van der Waals surface area contributed by atoms with Gasteiger partial charge in [0.2, 0.25) is 0 Å². The fourth-order valence-corrected chi connectivity index (χ4v) is 1.44. The Balaban J connectivity index is 2.37. The number of halogens is 2. The Bertz CT molecular complexity index is 180. The van der Waals surface area contributed by atoms with Gasteiger partial charge < -0.3 is 9.84 Å². The minimum absolute atomic E-state index is 0.00472. The molecule has 0 spiro atoms. The van der Waals surface area contributed by atoms with Crippen molar-refractivity contribution >= 4 is 5.97 Å². The van der Waals surface area contributed by atoms with E-state index < -0.39 is 18.7 Å². The first-order valence-corrected chi connectivity index (χ1v) is 4.25. The molecule has 1 atom stereocenters. The summed E-state index contributed by atoms with van der Waals surface area (Å²) in [7, 11) is 0. The molecule has 0 heterocycles. The molecular formula is C8H12F2O3. The Morgan fingerprint density at radius 1 is 1.54 bits per heavy atom. The zero-order valence-corrected chi connectivity index (χ0v) is 7.08. The molecule has 0 aliphatic heterocycles. The SMILES string of the molecule is O=C(O)CC(OC(F)F)C1CCC1. The second-order valence-corrected chi connectivity index (χ2v) is 3.22. The maximum absolute atomic E-state index is 11.8. The minimum atomic E-state index is -2.87. The maximum Gasteiger partial charge on any atom is 0.345 e. The fourth-order valence-electron chi connectivity index (χ4n) is 1.44. The normalized spacial score (nSPS) is 19.9. The van der Waals surface area contributed by atoms with Crippen molar-refractivity contribution in [2.24, 2.45) is 5.92 Å². The summed E-state index contributed by atoms with van der Waals surface area (Å²) in [5.74, 6) is -1.08. The van der Waals surface area contributed by atoms with Gasteiger partial charge in [-0.05, 0) is 18.8 Å². The van der Waals surface area contributed by atoms with Crippen LogP contribution in [0.3, 0.4) is 0 Å². The molecule has 5 heteroatoms. The van der Waals surface area contributed by atoms with Crippen molar-refractivity contribution in [1.29, 1.82) is 0 Å². The highest BCUT2D eigenvalue weighted by atomic mass is 19.3. The number of ether oxygens (including phenoxy) is 1. The lowest BCUT2D eigenvalue weighted by Crippen LogP contribution is -2.33. The van der Waals surface area contributed by atoms with E-state index in [1.54, 1.807) is 0 Å². The average Bonchev–Trinajstić information content (AvgIpc) is 1.78. The number of carbonyl (C=O) groups is 1. The molecule has 0 aromatic rings. The highest BCUT2D eigenvalue weighted by molar-refractivity contribution is 5.67. The van der Waals surface area contributed by atoms with E-state index in [4.69, 9.17) is 5.11 Å². The van der Waals surface area contributed by atoms with Gasteiger partial charge in [0.15, 0.2) is 0 Å². The van der Waals surface area contributed by atoms with Crippen LogP contribution in [-0.4, -0.2) is 23.8 Å². The van der Waals surface area contributed by atoms with Gasteiger partial charge in [0.05, 0.1) is 12.5 Å². The quantitative estimate of drug-likeness (QED) is 0.726. The third-order valence-corrected chi connectivity index (χ3v) is 2.33. The van der Waals surface area contributed by atoms with E-state index in [-0.39, 0.29) is 12.3 Å². The monoisotopic (exact) mass is 194 g/mol. The molecular weight excluding hydrogens is 182 g/mol. The van der Waals surface area contributed by atoms with Crippen molar-refractivity contribution in [1.82, 2.24) is 0 Å². The summed E-state index contributed by atoms with van der Waals surface area (Å²) >= 11 is 0. The Morgan fingerprint density at radius 3 is 2.46 bits per heavy atom. The second-order valence-electron chi connectivity index (χ2n) is 3.22. The summed E-state index contributed by atoms with van der Waals surface area (Å²) in [4.78, 5) is 10.3. The van der Waals surface area contributed by atoms with Crippen LogP contribution < -0.4 is 0 Å². The molecule has 1 fully saturated rings. The van der Waals surface area contributed by atoms with Gasteiger partial charge in [-0.3, -0.25) is 4.79 Å². The molecule has 76 valence electrons. The van der Waals surface area contributed by atoms with Crippen LogP contribution in [0.25, 0.3) is 0 Å². The smallest absolute Gasteiger partial charge is 0.345 e. The predicted molar refractivity (Wildman–Crippen MR) is 40.5 cm³/mol. The third-order valence-electron chi connectivity index (χ3n) is 2.33. The Kier molecular flexibility index (Phi) is 3.59. The summed E-state index contributed by atoms with van der Waals surface area (Å²) in [6.07, 6.45) is 1.43. The fraction of sp³-hybridized carbons (Fsp3) is 0.875. The van der Waals surface area contributed by atoms with E-state index >= 15 is 0 Å². The highest BCUT2D eigenvalue weighted by Gasteiger charge is 2.31. The van der Waals surface area contributed by atoms with Crippen LogP contribution in [0.2, 0.25) is 0 Å². The average molecular weight is 194 g/mol. The molecule has 13 heavy (non-hydrogen) atoms. The van der Waals surface area contributed by atoms with Crippen LogP contribution in [0.15, 0.2) is 0 Å². The first-order chi connectivity index (χ1) is 6.09. The van der Waals surface area contributed by atoms with Crippen molar-refractivity contribution in [3.05, 3.63) is 0 Å². The van der Waals surface area contributed by atoms with Gasteiger partial charge in [-0.15, -0.1) is 0 Å². The molecule has 0 aromatic heterocycles. The summed E-state index contributed by atoms with van der Waals surface area (Å²) in [6.45, 7) is -2.87.